The Hall–Kier alpha value is -0.370. The lowest BCUT2D eigenvalue weighted by molar-refractivity contribution is 0.533. The van der Waals surface area contributed by atoms with Crippen LogP contribution in [0.4, 0.5) is 0 Å². The minimum atomic E-state index is 0.220. The molecule has 2 heteroatoms. The van der Waals surface area contributed by atoms with E-state index in [1.807, 2.05) is 0 Å². The first kappa shape index (κ1) is 8.72. The second kappa shape index (κ2) is 2.94. The second-order valence-electron chi connectivity index (χ2n) is 3.22. The summed E-state index contributed by atoms with van der Waals surface area (Å²) in [5.74, 6) is 0. The maximum atomic E-state index is 2.23. The number of allylic oxidation sites excluding steroid dienone is 2. The highest BCUT2D eigenvalue weighted by Gasteiger charge is 2.28. The summed E-state index contributed by atoms with van der Waals surface area (Å²) in [6.45, 7) is 6.55. The fourth-order valence-corrected chi connectivity index (χ4v) is 2.08. The predicted octanol–water partition coefficient (Wildman–Crippen LogP) is 3.02. The fraction of sp³-hybridized carbons (Fsp3) is 0.556. The van der Waals surface area contributed by atoms with Crippen LogP contribution in [0.5, 0.6) is 0 Å². The number of hydrogen-bond acceptors (Lipinski definition) is 2. The van der Waals surface area contributed by atoms with Crippen molar-refractivity contribution in [1.29, 1.82) is 0 Å². The molecule has 0 saturated carbocycles. The molecule has 11 heavy (non-hydrogen) atoms. The summed E-state index contributed by atoms with van der Waals surface area (Å²) in [4.78, 5) is 0. The quantitative estimate of drug-likeness (QED) is 0.555. The molecule has 0 bridgehead atoms. The highest BCUT2D eigenvalue weighted by Crippen LogP contribution is 2.39. The van der Waals surface area contributed by atoms with Crippen molar-refractivity contribution < 1.29 is 0 Å². The van der Waals surface area contributed by atoms with E-state index in [2.05, 4.69) is 49.7 Å². The van der Waals surface area contributed by atoms with Crippen LogP contribution in [0.2, 0.25) is 0 Å². The summed E-state index contributed by atoms with van der Waals surface area (Å²) in [7, 11) is 0. The van der Waals surface area contributed by atoms with E-state index in [9.17, 15) is 0 Å². The molecule has 0 spiro atoms. The van der Waals surface area contributed by atoms with Crippen LogP contribution in [0, 0.1) is 5.41 Å². The van der Waals surface area contributed by atoms with E-state index in [0.717, 1.165) is 0 Å². The van der Waals surface area contributed by atoms with Crippen molar-refractivity contribution in [2.45, 2.75) is 20.8 Å². The van der Waals surface area contributed by atoms with Gasteiger partial charge >= 0.3 is 0 Å². The van der Waals surface area contributed by atoms with Gasteiger partial charge in [0, 0.05) is 23.6 Å². The zero-order chi connectivity index (χ0) is 8.48. The first-order chi connectivity index (χ1) is 5.11. The lowest BCUT2D eigenvalue weighted by Gasteiger charge is -2.23. The second-order valence-corrected chi connectivity index (χ2v) is 3.98. The van der Waals surface area contributed by atoms with Gasteiger partial charge in [0.2, 0.25) is 0 Å². The largest absolute Gasteiger partial charge is 0.296 e. The minimum Gasteiger partial charge on any atom is -0.296 e. The van der Waals surface area contributed by atoms with Crippen molar-refractivity contribution in [3.05, 3.63) is 24.0 Å². The molecular weight excluding hydrogens is 154 g/mol. The minimum absolute atomic E-state index is 0.220. The summed E-state index contributed by atoms with van der Waals surface area (Å²) in [6, 6.07) is 0. The molecule has 0 aromatic rings. The molecule has 1 heterocycles. The van der Waals surface area contributed by atoms with Gasteiger partial charge in [0.05, 0.1) is 0 Å². The Bertz CT molecular complexity index is 204. The predicted molar refractivity (Wildman–Crippen MR) is 52.0 cm³/mol. The first-order valence-corrected chi connectivity index (χ1v) is 4.99. The van der Waals surface area contributed by atoms with Crippen molar-refractivity contribution in [3.8, 4) is 0 Å². The Morgan fingerprint density at radius 3 is 2.55 bits per heavy atom. The van der Waals surface area contributed by atoms with Crippen LogP contribution in [0.1, 0.15) is 20.8 Å². The van der Waals surface area contributed by atoms with E-state index < -0.39 is 0 Å². The maximum Gasteiger partial charge on any atom is 0.0344 e. The topological polar surface area (TPSA) is 3.24 Å². The van der Waals surface area contributed by atoms with Gasteiger partial charge in [0.25, 0.3) is 0 Å². The molecule has 1 nitrogen and oxygen atoms in total. The number of hydrogen-bond donors (Lipinski definition) is 0. The van der Waals surface area contributed by atoms with Crippen LogP contribution in [0.25, 0.3) is 0 Å². The van der Waals surface area contributed by atoms with E-state index in [1.165, 1.54) is 5.70 Å². The van der Waals surface area contributed by atoms with Gasteiger partial charge in [-0.15, -0.1) is 0 Å². The van der Waals surface area contributed by atoms with Gasteiger partial charge in [-0.3, -0.25) is 4.31 Å². The molecular formula is C9H15NS. The zero-order valence-electron chi connectivity index (χ0n) is 7.59. The van der Waals surface area contributed by atoms with Gasteiger partial charge in [-0.05, 0) is 18.9 Å². The lowest BCUT2D eigenvalue weighted by atomic mass is 9.91. The van der Waals surface area contributed by atoms with Gasteiger partial charge in [-0.25, -0.2) is 0 Å². The summed E-state index contributed by atoms with van der Waals surface area (Å²) in [5, 5.41) is 0. The standard InChI is InChI=1S/C9H15NS/c1-5-8-9(2,3)6-7-10(8)11-4/h5-7H,1-4H3/b8-5-. The van der Waals surface area contributed by atoms with E-state index in [1.54, 1.807) is 11.9 Å². The maximum absolute atomic E-state index is 2.23. The first-order valence-electron chi connectivity index (χ1n) is 3.81. The van der Waals surface area contributed by atoms with Gasteiger partial charge in [-0.1, -0.05) is 26.0 Å². The summed E-state index contributed by atoms with van der Waals surface area (Å²) in [5.41, 5.74) is 1.60. The third-order valence-electron chi connectivity index (χ3n) is 1.99. The Kier molecular flexibility index (Phi) is 2.33. The molecule has 0 N–H and O–H groups in total. The molecule has 1 aliphatic heterocycles. The molecule has 0 aromatic heterocycles. The Morgan fingerprint density at radius 1 is 1.55 bits per heavy atom. The van der Waals surface area contributed by atoms with Gasteiger partial charge in [0.15, 0.2) is 0 Å². The average Bonchev–Trinajstić information content (AvgIpc) is 2.24. The molecule has 1 aliphatic rings. The van der Waals surface area contributed by atoms with Gasteiger partial charge in [0.1, 0.15) is 0 Å². The summed E-state index contributed by atoms with van der Waals surface area (Å²) < 4.78 is 2.21. The van der Waals surface area contributed by atoms with E-state index in [-0.39, 0.29) is 5.41 Å². The summed E-state index contributed by atoms with van der Waals surface area (Å²) in [6.07, 6.45) is 8.64. The van der Waals surface area contributed by atoms with Crippen LogP contribution in [-0.4, -0.2) is 10.6 Å². The molecule has 0 aliphatic carbocycles. The third kappa shape index (κ3) is 1.45. The normalized spacial score (nSPS) is 25.1. The SMILES string of the molecule is C/C=C1\N(SC)C=CC1(C)C. The van der Waals surface area contributed by atoms with Crippen LogP contribution in [0.15, 0.2) is 24.0 Å². The molecule has 0 saturated heterocycles. The van der Waals surface area contributed by atoms with E-state index in [4.69, 9.17) is 0 Å². The Morgan fingerprint density at radius 2 is 2.18 bits per heavy atom. The number of nitrogens with zero attached hydrogens (tertiary/aromatic N) is 1. The monoisotopic (exact) mass is 169 g/mol. The van der Waals surface area contributed by atoms with Crippen LogP contribution >= 0.6 is 11.9 Å². The molecule has 62 valence electrons. The smallest absolute Gasteiger partial charge is 0.0344 e. The van der Waals surface area contributed by atoms with Crippen molar-refractivity contribution in [3.63, 3.8) is 0 Å². The molecule has 1 rings (SSSR count). The van der Waals surface area contributed by atoms with Crippen molar-refractivity contribution in [2.24, 2.45) is 5.41 Å². The van der Waals surface area contributed by atoms with Gasteiger partial charge in [-0.2, -0.15) is 0 Å². The third-order valence-corrected chi connectivity index (χ3v) is 2.71. The molecule has 0 atom stereocenters. The molecule has 0 amide bonds. The van der Waals surface area contributed by atoms with Crippen LogP contribution < -0.4 is 0 Å². The molecule has 0 unspecified atom stereocenters. The van der Waals surface area contributed by atoms with E-state index in [0.29, 0.717) is 0 Å². The average molecular weight is 169 g/mol. The van der Waals surface area contributed by atoms with E-state index >= 15 is 0 Å². The molecule has 0 radical (unpaired) electrons. The van der Waals surface area contributed by atoms with Crippen LogP contribution in [0.3, 0.4) is 0 Å². The highest BCUT2D eigenvalue weighted by molar-refractivity contribution is 7.96. The molecule has 0 fully saturated rings. The van der Waals surface area contributed by atoms with Crippen molar-refractivity contribution >= 4 is 11.9 Å². The van der Waals surface area contributed by atoms with Crippen LogP contribution in [-0.2, 0) is 0 Å². The fourth-order valence-electron chi connectivity index (χ4n) is 1.36. The Labute approximate surface area is 73.3 Å². The zero-order valence-corrected chi connectivity index (χ0v) is 8.40. The number of rotatable bonds is 1. The highest BCUT2D eigenvalue weighted by atomic mass is 32.2. The van der Waals surface area contributed by atoms with Crippen molar-refractivity contribution in [2.75, 3.05) is 6.26 Å². The molecule has 0 aromatic carbocycles. The van der Waals surface area contributed by atoms with Gasteiger partial charge < -0.3 is 0 Å². The lowest BCUT2D eigenvalue weighted by Crippen LogP contribution is -2.14. The summed E-state index contributed by atoms with van der Waals surface area (Å²) >= 11 is 1.75. The van der Waals surface area contributed by atoms with Crippen molar-refractivity contribution in [1.82, 2.24) is 4.31 Å². The Balaban J connectivity index is 2.88.